The van der Waals surface area contributed by atoms with Crippen molar-refractivity contribution < 1.29 is 23.8 Å². The van der Waals surface area contributed by atoms with E-state index in [1.54, 1.807) is 24.7 Å². The third kappa shape index (κ3) is 2.59. The maximum Gasteiger partial charge on any atom is 0.246 e. The summed E-state index contributed by atoms with van der Waals surface area (Å²) >= 11 is 0. The third-order valence-electron chi connectivity index (χ3n) is 9.53. The summed E-state index contributed by atoms with van der Waals surface area (Å²) in [5.41, 5.74) is 4.45. The molecule has 6 heteroatoms. The SMILES string of the molecule is Cc1ccc2c3c1O[C@H]1[C@@H](N(C)C(=O)/C=C/c4ccoc4)CC[C@@]4(C)[C@H](C2)[N+](C)(O)CC[C@]314. The molecule has 2 bridgehead atoms. The Bertz CT molecular complexity index is 1150. The highest BCUT2D eigenvalue weighted by Crippen LogP contribution is 2.69. The zero-order valence-electron chi connectivity index (χ0n) is 19.9. The van der Waals surface area contributed by atoms with E-state index in [-0.39, 0.29) is 39.6 Å². The lowest BCUT2D eigenvalue weighted by molar-refractivity contribution is -1.12. The average Bonchev–Trinajstić information content (AvgIpc) is 3.42. The Balaban J connectivity index is 1.43. The fraction of sp³-hybridized carbons (Fsp3) is 0.519. The van der Waals surface area contributed by atoms with E-state index in [4.69, 9.17) is 9.15 Å². The lowest BCUT2D eigenvalue weighted by atomic mass is 9.43. The van der Waals surface area contributed by atoms with E-state index in [1.807, 2.05) is 25.1 Å². The number of hydroxylamine groups is 3. The number of nitrogens with zero attached hydrogens (tertiary/aromatic N) is 2. The van der Waals surface area contributed by atoms with Crippen molar-refractivity contribution in [1.29, 1.82) is 0 Å². The van der Waals surface area contributed by atoms with E-state index in [9.17, 15) is 10.0 Å². The first-order valence-electron chi connectivity index (χ1n) is 12.0. The summed E-state index contributed by atoms with van der Waals surface area (Å²) in [4.78, 5) is 15.1. The van der Waals surface area contributed by atoms with Crippen molar-refractivity contribution in [2.45, 2.75) is 63.1 Å². The number of hydrogen-bond acceptors (Lipinski definition) is 4. The summed E-state index contributed by atoms with van der Waals surface area (Å²) in [6.07, 6.45) is 10.1. The molecule has 33 heavy (non-hydrogen) atoms. The minimum absolute atomic E-state index is 0.0199. The Morgan fingerprint density at radius 3 is 2.88 bits per heavy atom. The van der Waals surface area contributed by atoms with Gasteiger partial charge in [0.1, 0.15) is 24.4 Å². The van der Waals surface area contributed by atoms with Gasteiger partial charge in [0.05, 0.1) is 31.0 Å². The van der Waals surface area contributed by atoms with Crippen molar-refractivity contribution >= 4 is 12.0 Å². The van der Waals surface area contributed by atoms with Gasteiger partial charge in [0.25, 0.3) is 0 Å². The molecule has 1 unspecified atom stereocenters. The average molecular weight is 450 g/mol. The highest BCUT2D eigenvalue weighted by Gasteiger charge is 2.75. The van der Waals surface area contributed by atoms with Gasteiger partial charge in [0.15, 0.2) is 0 Å². The normalized spacial score (nSPS) is 38.2. The van der Waals surface area contributed by atoms with Gasteiger partial charge in [-0.15, -0.1) is 0 Å². The number of likely N-dealkylation sites (tertiary alicyclic amines) is 1. The molecule has 1 spiro atoms. The summed E-state index contributed by atoms with van der Waals surface area (Å²) in [6.45, 7) is 5.20. The Hall–Kier alpha value is -2.57. The van der Waals surface area contributed by atoms with E-state index in [0.29, 0.717) is 6.54 Å². The molecule has 1 N–H and O–H groups in total. The Kier molecular flexibility index (Phi) is 4.29. The molecule has 4 aliphatic rings. The highest BCUT2D eigenvalue weighted by atomic mass is 16.5. The van der Waals surface area contributed by atoms with Gasteiger partial charge in [-0.25, -0.2) is 5.21 Å². The minimum Gasteiger partial charge on any atom is -0.487 e. The maximum atomic E-state index is 13.2. The summed E-state index contributed by atoms with van der Waals surface area (Å²) in [5, 5.41) is 11.4. The largest absolute Gasteiger partial charge is 0.487 e. The van der Waals surface area contributed by atoms with Crippen LogP contribution < -0.4 is 4.74 Å². The number of benzene rings is 1. The van der Waals surface area contributed by atoms with Crippen LogP contribution in [-0.2, 0) is 16.6 Å². The van der Waals surface area contributed by atoms with Gasteiger partial charge in [-0.05, 0) is 43.0 Å². The quantitative estimate of drug-likeness (QED) is 0.566. The van der Waals surface area contributed by atoms with Crippen LogP contribution in [0.25, 0.3) is 6.08 Å². The van der Waals surface area contributed by atoms with Crippen molar-refractivity contribution in [2.24, 2.45) is 5.41 Å². The number of likely N-dealkylation sites (N-methyl/N-ethyl adjacent to an activating group) is 2. The zero-order chi connectivity index (χ0) is 23.2. The fourth-order valence-electron chi connectivity index (χ4n) is 7.78. The standard InChI is InChI=1S/C27H33N2O4/c1-17-5-7-19-15-21-26(2)11-9-20(28(3)22(30)8-6-18-10-14-32-16-18)25-27(26,12-13-29(21,4)31)23(19)24(17)33-25/h5-8,10,14,16,20-21,25,31H,9,11-13,15H2,1-4H3/q+1/b8-6+/t20-,21-,25-,26-,27-,29?/m0/s1. The molecule has 6 atom stereocenters. The molecule has 174 valence electrons. The van der Waals surface area contributed by atoms with E-state index in [2.05, 4.69) is 26.0 Å². The summed E-state index contributed by atoms with van der Waals surface area (Å²) < 4.78 is 12.0. The van der Waals surface area contributed by atoms with Gasteiger partial charge in [-0.1, -0.05) is 19.1 Å². The van der Waals surface area contributed by atoms with E-state index in [1.165, 1.54) is 11.1 Å². The van der Waals surface area contributed by atoms with Crippen LogP contribution in [0.2, 0.25) is 0 Å². The number of hydrogen-bond donors (Lipinski definition) is 1. The number of ether oxygens (including phenoxy) is 1. The van der Waals surface area contributed by atoms with Crippen molar-refractivity contribution in [3.05, 3.63) is 59.1 Å². The van der Waals surface area contributed by atoms with Gasteiger partial charge >= 0.3 is 0 Å². The van der Waals surface area contributed by atoms with E-state index < -0.39 is 0 Å². The summed E-state index contributed by atoms with van der Waals surface area (Å²) in [6, 6.07) is 6.34. The van der Waals surface area contributed by atoms with Crippen LogP contribution in [0.1, 0.15) is 48.4 Å². The van der Waals surface area contributed by atoms with Crippen LogP contribution in [-0.4, -0.2) is 59.5 Å². The number of carbonyl (C=O) groups is 1. The molecule has 1 aromatic heterocycles. The molecule has 2 aliphatic heterocycles. The van der Waals surface area contributed by atoms with Crippen LogP contribution in [0.3, 0.4) is 0 Å². The van der Waals surface area contributed by atoms with E-state index >= 15 is 0 Å². The molecule has 0 radical (unpaired) electrons. The molecule has 1 saturated heterocycles. The van der Waals surface area contributed by atoms with Crippen molar-refractivity contribution in [1.82, 2.24) is 4.90 Å². The van der Waals surface area contributed by atoms with Gasteiger partial charge in [0.2, 0.25) is 5.91 Å². The first-order valence-corrected chi connectivity index (χ1v) is 12.0. The number of rotatable bonds is 3. The topological polar surface area (TPSA) is 62.9 Å². The van der Waals surface area contributed by atoms with E-state index in [0.717, 1.165) is 42.6 Å². The lowest BCUT2D eigenvalue weighted by Crippen LogP contribution is -2.76. The molecule has 1 saturated carbocycles. The molecular formula is C27H33N2O4+. The number of amides is 1. The molecule has 1 aromatic carbocycles. The first-order chi connectivity index (χ1) is 15.7. The van der Waals surface area contributed by atoms with Crippen LogP contribution >= 0.6 is 0 Å². The number of quaternary nitrogens is 1. The lowest BCUT2D eigenvalue weighted by Gasteiger charge is -2.65. The molecule has 6 nitrogen and oxygen atoms in total. The maximum absolute atomic E-state index is 13.2. The second kappa shape index (κ2) is 6.73. The second-order valence-electron chi connectivity index (χ2n) is 11.0. The molecule has 2 aliphatic carbocycles. The fourth-order valence-corrected chi connectivity index (χ4v) is 7.78. The van der Waals surface area contributed by atoms with Crippen LogP contribution in [0.15, 0.2) is 41.2 Å². The van der Waals surface area contributed by atoms with Crippen molar-refractivity contribution in [3.8, 4) is 5.75 Å². The number of furan rings is 1. The smallest absolute Gasteiger partial charge is 0.246 e. The predicted octanol–water partition coefficient (Wildman–Crippen LogP) is 4.09. The van der Waals surface area contributed by atoms with Crippen molar-refractivity contribution in [3.63, 3.8) is 0 Å². The van der Waals surface area contributed by atoms with Gasteiger partial charge < -0.3 is 14.1 Å². The minimum atomic E-state index is -0.182. The van der Waals surface area contributed by atoms with Crippen LogP contribution in [0, 0.1) is 12.3 Å². The monoisotopic (exact) mass is 449 g/mol. The number of carbonyl (C=O) groups excluding carboxylic acids is 1. The zero-order valence-corrected chi connectivity index (χ0v) is 19.9. The Morgan fingerprint density at radius 1 is 1.30 bits per heavy atom. The van der Waals surface area contributed by atoms with Gasteiger partial charge in [0, 0.05) is 42.5 Å². The molecule has 2 fully saturated rings. The Labute approximate surface area is 195 Å². The number of aryl methyl sites for hydroxylation is 1. The second-order valence-corrected chi connectivity index (χ2v) is 11.0. The highest BCUT2D eigenvalue weighted by molar-refractivity contribution is 5.91. The summed E-state index contributed by atoms with van der Waals surface area (Å²) in [5.74, 6) is 1.00. The Morgan fingerprint density at radius 2 is 2.12 bits per heavy atom. The van der Waals surface area contributed by atoms with Gasteiger partial charge in [-0.2, -0.15) is 4.65 Å². The van der Waals surface area contributed by atoms with Crippen molar-refractivity contribution in [2.75, 3.05) is 20.6 Å². The molecule has 1 amide bonds. The molecular weight excluding hydrogens is 416 g/mol. The first kappa shape index (κ1) is 21.0. The third-order valence-corrected chi connectivity index (χ3v) is 9.53. The molecule has 2 aromatic rings. The predicted molar refractivity (Wildman–Crippen MR) is 124 cm³/mol. The van der Waals surface area contributed by atoms with Gasteiger partial charge in [-0.3, -0.25) is 4.79 Å². The number of piperidine rings is 1. The van der Waals surface area contributed by atoms with Crippen LogP contribution in [0.5, 0.6) is 5.75 Å². The van der Waals surface area contributed by atoms with Crippen LogP contribution in [0.4, 0.5) is 0 Å². The molecule has 3 heterocycles. The summed E-state index contributed by atoms with van der Waals surface area (Å²) in [7, 11) is 3.87. The molecule has 6 rings (SSSR count).